The van der Waals surface area contributed by atoms with Gasteiger partial charge in [0.1, 0.15) is 17.5 Å². The van der Waals surface area contributed by atoms with Crippen LogP contribution in [0.3, 0.4) is 0 Å². The van der Waals surface area contributed by atoms with Crippen molar-refractivity contribution in [2.45, 2.75) is 42.0 Å². The van der Waals surface area contributed by atoms with Crippen LogP contribution in [0.25, 0.3) is 0 Å². The van der Waals surface area contributed by atoms with E-state index in [1.807, 2.05) is 0 Å². The molecule has 0 bridgehead atoms. The Balaban J connectivity index is 1.78. The predicted molar refractivity (Wildman–Crippen MR) is 92.5 cm³/mol. The molecule has 2 fully saturated rings. The Bertz CT molecular complexity index is 781. The third-order valence-corrected chi connectivity index (χ3v) is 6.19. The topological polar surface area (TPSA) is 124 Å². The number of carboxylic acid groups (broad SMARTS) is 2. The fourth-order valence-corrected chi connectivity index (χ4v) is 5.06. The Morgan fingerprint density at radius 2 is 1.81 bits per heavy atom. The first-order valence-electron chi connectivity index (χ1n) is 7.96. The van der Waals surface area contributed by atoms with Crippen LogP contribution in [0.1, 0.15) is 25.3 Å². The number of carbonyl (C=O) groups excluding carboxylic acids is 2. The molecule has 0 saturated carbocycles. The lowest BCUT2D eigenvalue weighted by atomic mass is 9.94. The number of hydrogen-bond acceptors (Lipinski definition) is 5. The van der Waals surface area contributed by atoms with Gasteiger partial charge in [0.25, 0.3) is 0 Å². The van der Waals surface area contributed by atoms with Gasteiger partial charge in [0, 0.05) is 4.75 Å². The van der Waals surface area contributed by atoms with E-state index < -0.39 is 51.9 Å². The number of nitrogens with one attached hydrogen (secondary N) is 1. The van der Waals surface area contributed by atoms with Crippen LogP contribution in [0.4, 0.5) is 0 Å². The summed E-state index contributed by atoms with van der Waals surface area (Å²) in [5.74, 6) is -5.16. The molecule has 3 rings (SSSR count). The first-order chi connectivity index (χ1) is 12.1. The van der Waals surface area contributed by atoms with Crippen LogP contribution in [0.5, 0.6) is 0 Å². The lowest BCUT2D eigenvalue weighted by molar-refractivity contribution is -0.161. The van der Waals surface area contributed by atoms with Gasteiger partial charge in [0.15, 0.2) is 5.92 Å². The van der Waals surface area contributed by atoms with Crippen LogP contribution in [0.15, 0.2) is 30.3 Å². The molecule has 8 nitrogen and oxygen atoms in total. The number of carboxylic acids is 2. The molecule has 0 aromatic heterocycles. The van der Waals surface area contributed by atoms with Crippen molar-refractivity contribution in [2.75, 3.05) is 0 Å². The van der Waals surface area contributed by atoms with Crippen LogP contribution < -0.4 is 5.32 Å². The maximum Gasteiger partial charge on any atom is 0.327 e. The van der Waals surface area contributed by atoms with Crippen LogP contribution in [0.2, 0.25) is 0 Å². The zero-order valence-electron chi connectivity index (χ0n) is 14.1. The van der Waals surface area contributed by atoms with Gasteiger partial charge in [-0.15, -0.1) is 11.8 Å². The van der Waals surface area contributed by atoms with Crippen molar-refractivity contribution in [3.8, 4) is 0 Å². The summed E-state index contributed by atoms with van der Waals surface area (Å²) in [5.41, 5.74) is 0.309. The Hall–Kier alpha value is -2.55. The van der Waals surface area contributed by atoms with Crippen molar-refractivity contribution in [2.24, 2.45) is 0 Å². The van der Waals surface area contributed by atoms with Gasteiger partial charge in [0.05, 0.1) is 0 Å². The van der Waals surface area contributed by atoms with E-state index in [0.29, 0.717) is 5.56 Å². The number of thioether (sulfide) groups is 1. The van der Waals surface area contributed by atoms with Gasteiger partial charge in [-0.05, 0) is 19.4 Å². The second-order valence-corrected chi connectivity index (χ2v) is 8.54. The monoisotopic (exact) mass is 378 g/mol. The number of benzene rings is 1. The average molecular weight is 378 g/mol. The molecule has 2 aliphatic heterocycles. The molecule has 0 aliphatic carbocycles. The lowest BCUT2D eigenvalue weighted by Crippen LogP contribution is -2.71. The van der Waals surface area contributed by atoms with Crippen molar-refractivity contribution in [3.63, 3.8) is 0 Å². The van der Waals surface area contributed by atoms with Gasteiger partial charge in [-0.3, -0.25) is 14.4 Å². The average Bonchev–Trinajstić information content (AvgIpc) is 2.82. The number of carbonyl (C=O) groups is 4. The van der Waals surface area contributed by atoms with Crippen molar-refractivity contribution in [1.29, 1.82) is 0 Å². The Morgan fingerprint density at radius 3 is 2.35 bits per heavy atom. The maximum atomic E-state index is 12.5. The highest BCUT2D eigenvalue weighted by atomic mass is 32.2. The van der Waals surface area contributed by atoms with Crippen LogP contribution >= 0.6 is 11.8 Å². The van der Waals surface area contributed by atoms with E-state index in [9.17, 15) is 29.4 Å². The molecule has 2 saturated heterocycles. The molecule has 26 heavy (non-hydrogen) atoms. The predicted octanol–water partition coefficient (Wildman–Crippen LogP) is 0.486. The zero-order chi connectivity index (χ0) is 19.2. The third-order valence-electron chi connectivity index (χ3n) is 4.61. The SMILES string of the molecule is CC1(C)S[C@@H]2C(NC(=O)C(C(=O)O)c3ccccc3)C(=O)N2[C@H]1C(=O)O. The van der Waals surface area contributed by atoms with Gasteiger partial charge < -0.3 is 20.4 Å². The van der Waals surface area contributed by atoms with Gasteiger partial charge in [-0.1, -0.05) is 30.3 Å². The minimum atomic E-state index is -1.44. The van der Waals surface area contributed by atoms with Crippen LogP contribution in [-0.4, -0.2) is 61.1 Å². The lowest BCUT2D eigenvalue weighted by Gasteiger charge is -2.43. The first kappa shape index (κ1) is 18.2. The maximum absolute atomic E-state index is 12.5. The molecular formula is C17H18N2O6S. The number of hydrogen-bond donors (Lipinski definition) is 3. The smallest absolute Gasteiger partial charge is 0.327 e. The van der Waals surface area contributed by atoms with Crippen molar-refractivity contribution < 1.29 is 29.4 Å². The minimum Gasteiger partial charge on any atom is -0.480 e. The summed E-state index contributed by atoms with van der Waals surface area (Å²) in [6.07, 6.45) is 0. The second kappa shape index (κ2) is 6.31. The summed E-state index contributed by atoms with van der Waals surface area (Å²) in [5, 5.41) is 20.8. The molecule has 0 radical (unpaired) electrons. The molecule has 4 atom stereocenters. The van der Waals surface area contributed by atoms with E-state index >= 15 is 0 Å². The standard InChI is InChI=1S/C17H18N2O6S/c1-17(2)11(16(24)25)19-13(21)10(14(19)26-17)18-12(20)9(15(22)23)8-6-4-3-5-7-8/h3-7,9-11,14H,1-2H3,(H,18,20)(H,22,23)(H,24,25)/t9?,10?,11-,14+/m0/s1. The highest BCUT2D eigenvalue weighted by Crippen LogP contribution is 2.50. The summed E-state index contributed by atoms with van der Waals surface area (Å²) in [7, 11) is 0. The number of aliphatic carboxylic acids is 2. The van der Waals surface area contributed by atoms with Crippen LogP contribution in [-0.2, 0) is 19.2 Å². The molecule has 1 aromatic rings. The van der Waals surface area contributed by atoms with Gasteiger partial charge >= 0.3 is 11.9 Å². The van der Waals surface area contributed by atoms with E-state index in [4.69, 9.17) is 0 Å². The summed E-state index contributed by atoms with van der Waals surface area (Å²) in [6, 6.07) is 6.10. The molecule has 2 amide bonds. The highest BCUT2D eigenvalue weighted by molar-refractivity contribution is 8.01. The Morgan fingerprint density at radius 1 is 1.19 bits per heavy atom. The number of rotatable bonds is 5. The first-order valence-corrected chi connectivity index (χ1v) is 8.84. The van der Waals surface area contributed by atoms with E-state index in [2.05, 4.69) is 5.32 Å². The van der Waals surface area contributed by atoms with Crippen molar-refractivity contribution in [3.05, 3.63) is 35.9 Å². The molecule has 1 aromatic carbocycles. The molecular weight excluding hydrogens is 360 g/mol. The fourth-order valence-electron chi connectivity index (χ4n) is 3.43. The Kier molecular flexibility index (Phi) is 4.43. The number of nitrogens with zero attached hydrogens (tertiary/aromatic N) is 1. The van der Waals surface area contributed by atoms with Crippen molar-refractivity contribution in [1.82, 2.24) is 10.2 Å². The van der Waals surface area contributed by atoms with Gasteiger partial charge in [-0.2, -0.15) is 0 Å². The molecule has 2 aliphatic rings. The normalized spacial score (nSPS) is 27.2. The minimum absolute atomic E-state index is 0.309. The van der Waals surface area contributed by atoms with Crippen LogP contribution in [0, 0.1) is 0 Å². The summed E-state index contributed by atoms with van der Waals surface area (Å²) < 4.78 is -0.711. The summed E-state index contributed by atoms with van der Waals surface area (Å²) >= 11 is 1.29. The molecule has 9 heteroatoms. The molecule has 3 N–H and O–H groups in total. The van der Waals surface area contributed by atoms with Crippen molar-refractivity contribution >= 4 is 35.5 Å². The number of β-lactam (4-membered cyclic amide) rings is 1. The molecule has 2 heterocycles. The van der Waals surface area contributed by atoms with E-state index in [1.165, 1.54) is 28.8 Å². The van der Waals surface area contributed by atoms with E-state index in [1.54, 1.807) is 32.0 Å². The molecule has 2 unspecified atom stereocenters. The van der Waals surface area contributed by atoms with Gasteiger partial charge in [0.2, 0.25) is 11.8 Å². The van der Waals surface area contributed by atoms with Gasteiger partial charge in [-0.25, -0.2) is 4.79 Å². The quantitative estimate of drug-likeness (QED) is 0.503. The largest absolute Gasteiger partial charge is 0.480 e. The number of fused-ring (bicyclic) bond motifs is 1. The molecule has 0 spiro atoms. The second-order valence-electron chi connectivity index (χ2n) is 6.77. The van der Waals surface area contributed by atoms with E-state index in [0.717, 1.165) is 0 Å². The fraction of sp³-hybridized carbons (Fsp3) is 0.412. The van der Waals surface area contributed by atoms with E-state index in [-0.39, 0.29) is 0 Å². The molecule has 138 valence electrons. The zero-order valence-corrected chi connectivity index (χ0v) is 14.9. The number of amides is 2. The Labute approximate surface area is 153 Å². The third kappa shape index (κ3) is 2.82. The highest BCUT2D eigenvalue weighted by Gasteiger charge is 2.64. The summed E-state index contributed by atoms with van der Waals surface area (Å²) in [4.78, 5) is 49.2. The summed E-state index contributed by atoms with van der Waals surface area (Å²) in [6.45, 7) is 3.45.